The second-order valence-corrected chi connectivity index (χ2v) is 4.53. The molecule has 0 radical (unpaired) electrons. The molecule has 0 heterocycles. The third-order valence-corrected chi connectivity index (χ3v) is 3.05. The molecule has 8 nitrogen and oxygen atoms in total. The number of hydrogen-bond donors (Lipinski definition) is 3. The van der Waals surface area contributed by atoms with Crippen LogP contribution in [0.15, 0.2) is 42.5 Å². The van der Waals surface area contributed by atoms with Gasteiger partial charge in [0.1, 0.15) is 11.3 Å². The molecule has 3 N–H and O–H groups in total. The van der Waals surface area contributed by atoms with Crippen LogP contribution in [-0.2, 0) is 0 Å². The highest BCUT2D eigenvalue weighted by Crippen LogP contribution is 2.22. The molecule has 0 aliphatic heterocycles. The summed E-state index contributed by atoms with van der Waals surface area (Å²) in [5, 5.41) is 27.3. The second-order valence-electron chi connectivity index (χ2n) is 4.53. The highest BCUT2D eigenvalue weighted by atomic mass is 16.5. The monoisotopic (exact) mass is 330 g/mol. The first-order valence-electron chi connectivity index (χ1n) is 6.47. The summed E-state index contributed by atoms with van der Waals surface area (Å²) < 4.78 is 4.94. The molecule has 8 heteroatoms. The lowest BCUT2D eigenvalue weighted by Gasteiger charge is -2.10. The van der Waals surface area contributed by atoms with Crippen LogP contribution in [0.25, 0.3) is 0 Å². The summed E-state index contributed by atoms with van der Waals surface area (Å²) in [4.78, 5) is 45.7. The Morgan fingerprint density at radius 2 is 1.21 bits per heavy atom. The minimum atomic E-state index is -1.62. The second kappa shape index (κ2) is 6.61. The summed E-state index contributed by atoms with van der Waals surface area (Å²) in [6, 6.07) is 8.60. The summed E-state index contributed by atoms with van der Waals surface area (Å²) in [5.41, 5.74) is -2.11. The zero-order valence-electron chi connectivity index (χ0n) is 11.9. The van der Waals surface area contributed by atoms with E-state index in [1.54, 1.807) is 0 Å². The van der Waals surface area contributed by atoms with Gasteiger partial charge in [-0.05, 0) is 24.3 Å². The van der Waals surface area contributed by atoms with Crippen molar-refractivity contribution in [3.8, 4) is 5.75 Å². The number of carboxylic acid groups (broad SMARTS) is 3. The Balaban J connectivity index is 2.49. The van der Waals surface area contributed by atoms with E-state index in [2.05, 4.69) is 0 Å². The van der Waals surface area contributed by atoms with Gasteiger partial charge < -0.3 is 20.1 Å². The van der Waals surface area contributed by atoms with Gasteiger partial charge in [0.05, 0.1) is 16.7 Å². The van der Waals surface area contributed by atoms with Crippen molar-refractivity contribution in [1.29, 1.82) is 0 Å². The van der Waals surface area contributed by atoms with Gasteiger partial charge in [-0.3, -0.25) is 0 Å². The smallest absolute Gasteiger partial charge is 0.344 e. The van der Waals surface area contributed by atoms with Crippen LogP contribution >= 0.6 is 0 Å². The van der Waals surface area contributed by atoms with Gasteiger partial charge in [0.25, 0.3) is 0 Å². The molecule has 0 amide bonds. The van der Waals surface area contributed by atoms with Gasteiger partial charge in [0.15, 0.2) is 0 Å². The summed E-state index contributed by atoms with van der Waals surface area (Å²) in [7, 11) is 0. The Kier molecular flexibility index (Phi) is 4.60. The first kappa shape index (κ1) is 16.7. The minimum Gasteiger partial charge on any atom is -0.478 e. The molecule has 0 atom stereocenters. The predicted molar refractivity (Wildman–Crippen MR) is 78.7 cm³/mol. The standard InChI is InChI=1S/C16H10O8/c17-13(18)8-4-1-2-7-11(8)24-16(23)10-6-3-5-9(14(19)20)12(10)15(21)22/h1-7H,(H,17,18)(H,19,20)(H,21,22). The molecule has 0 bridgehead atoms. The van der Waals surface area contributed by atoms with Gasteiger partial charge in [-0.1, -0.05) is 18.2 Å². The van der Waals surface area contributed by atoms with E-state index in [1.165, 1.54) is 30.3 Å². The Labute approximate surface area is 134 Å². The van der Waals surface area contributed by atoms with Crippen molar-refractivity contribution in [3.05, 3.63) is 64.7 Å². The highest BCUT2D eigenvalue weighted by Gasteiger charge is 2.25. The molecule has 122 valence electrons. The van der Waals surface area contributed by atoms with Crippen LogP contribution < -0.4 is 4.74 Å². The van der Waals surface area contributed by atoms with Crippen molar-refractivity contribution >= 4 is 23.9 Å². The summed E-state index contributed by atoms with van der Waals surface area (Å²) >= 11 is 0. The fraction of sp³-hybridized carbons (Fsp3) is 0. The van der Waals surface area contributed by atoms with Gasteiger partial charge in [0.2, 0.25) is 0 Å². The van der Waals surface area contributed by atoms with Crippen LogP contribution in [0.3, 0.4) is 0 Å². The topological polar surface area (TPSA) is 138 Å². The first-order valence-corrected chi connectivity index (χ1v) is 6.47. The third-order valence-electron chi connectivity index (χ3n) is 3.05. The molecule has 24 heavy (non-hydrogen) atoms. The summed E-state index contributed by atoms with van der Waals surface area (Å²) in [6.45, 7) is 0. The van der Waals surface area contributed by atoms with E-state index < -0.39 is 40.6 Å². The average molecular weight is 330 g/mol. The largest absolute Gasteiger partial charge is 0.478 e. The van der Waals surface area contributed by atoms with Crippen LogP contribution in [0.1, 0.15) is 41.4 Å². The Morgan fingerprint density at radius 3 is 1.79 bits per heavy atom. The molecule has 2 aromatic rings. The molecule has 0 unspecified atom stereocenters. The van der Waals surface area contributed by atoms with Gasteiger partial charge in [0, 0.05) is 0 Å². The lowest BCUT2D eigenvalue weighted by atomic mass is 10.0. The number of carboxylic acids is 3. The molecule has 0 aliphatic rings. The fourth-order valence-electron chi connectivity index (χ4n) is 2.02. The van der Waals surface area contributed by atoms with Crippen molar-refractivity contribution in [2.45, 2.75) is 0 Å². The van der Waals surface area contributed by atoms with E-state index in [9.17, 15) is 24.3 Å². The number of carbonyl (C=O) groups is 4. The van der Waals surface area contributed by atoms with E-state index in [0.717, 1.165) is 12.1 Å². The van der Waals surface area contributed by atoms with Crippen LogP contribution in [0.5, 0.6) is 5.75 Å². The fourth-order valence-corrected chi connectivity index (χ4v) is 2.02. The summed E-state index contributed by atoms with van der Waals surface area (Å²) in [5.74, 6) is -5.94. The maximum Gasteiger partial charge on any atom is 0.344 e. The minimum absolute atomic E-state index is 0.285. The van der Waals surface area contributed by atoms with Crippen LogP contribution in [0.4, 0.5) is 0 Å². The highest BCUT2D eigenvalue weighted by molar-refractivity contribution is 6.10. The van der Waals surface area contributed by atoms with E-state index >= 15 is 0 Å². The molecular weight excluding hydrogens is 320 g/mol. The molecule has 2 aromatic carbocycles. The molecule has 2 rings (SSSR count). The van der Waals surface area contributed by atoms with E-state index in [1.807, 2.05) is 0 Å². The van der Waals surface area contributed by atoms with E-state index in [-0.39, 0.29) is 11.3 Å². The zero-order valence-corrected chi connectivity index (χ0v) is 11.9. The van der Waals surface area contributed by atoms with Gasteiger partial charge in [-0.2, -0.15) is 0 Å². The maximum atomic E-state index is 12.2. The van der Waals surface area contributed by atoms with E-state index in [4.69, 9.17) is 14.9 Å². The molecule has 0 saturated carbocycles. The first-order chi connectivity index (χ1) is 11.3. The quantitative estimate of drug-likeness (QED) is 0.559. The van der Waals surface area contributed by atoms with Crippen LogP contribution in [0.2, 0.25) is 0 Å². The molecule has 0 spiro atoms. The lowest BCUT2D eigenvalue weighted by molar-refractivity contribution is 0.0637. The third kappa shape index (κ3) is 3.22. The van der Waals surface area contributed by atoms with Crippen LogP contribution in [-0.4, -0.2) is 39.2 Å². The predicted octanol–water partition coefficient (Wildman–Crippen LogP) is 2.00. The van der Waals surface area contributed by atoms with Gasteiger partial charge in [-0.15, -0.1) is 0 Å². The Bertz CT molecular complexity index is 853. The molecular formula is C16H10O8. The Morgan fingerprint density at radius 1 is 0.667 bits per heavy atom. The number of esters is 1. The molecule has 0 saturated heterocycles. The van der Waals surface area contributed by atoms with Crippen molar-refractivity contribution in [2.75, 3.05) is 0 Å². The number of benzene rings is 2. The van der Waals surface area contributed by atoms with E-state index in [0.29, 0.717) is 0 Å². The number of rotatable bonds is 5. The van der Waals surface area contributed by atoms with Gasteiger partial charge in [-0.25, -0.2) is 19.2 Å². The number of ether oxygens (including phenoxy) is 1. The van der Waals surface area contributed by atoms with Crippen molar-refractivity contribution < 1.29 is 39.2 Å². The SMILES string of the molecule is O=C(O)c1ccccc1OC(=O)c1cccc(C(=O)O)c1C(=O)O. The molecule has 0 fully saturated rings. The maximum absolute atomic E-state index is 12.2. The normalized spacial score (nSPS) is 10.0. The van der Waals surface area contributed by atoms with Crippen molar-refractivity contribution in [2.24, 2.45) is 0 Å². The lowest BCUT2D eigenvalue weighted by Crippen LogP contribution is -2.18. The summed E-state index contributed by atoms with van der Waals surface area (Å²) in [6.07, 6.45) is 0. The number of aromatic carboxylic acids is 3. The van der Waals surface area contributed by atoms with Crippen molar-refractivity contribution in [1.82, 2.24) is 0 Å². The van der Waals surface area contributed by atoms with Crippen molar-refractivity contribution in [3.63, 3.8) is 0 Å². The molecule has 0 aromatic heterocycles. The zero-order chi connectivity index (χ0) is 17.9. The average Bonchev–Trinajstić information content (AvgIpc) is 2.54. The van der Waals surface area contributed by atoms with Crippen LogP contribution in [0, 0.1) is 0 Å². The van der Waals surface area contributed by atoms with Gasteiger partial charge >= 0.3 is 23.9 Å². The molecule has 0 aliphatic carbocycles. The number of carbonyl (C=O) groups excluding carboxylic acids is 1. The number of para-hydroxylation sites is 1. The number of hydrogen-bond acceptors (Lipinski definition) is 5. The Hall–Kier alpha value is -3.68.